The van der Waals surface area contributed by atoms with Crippen molar-refractivity contribution < 1.29 is 38.1 Å². The molecule has 0 aromatic carbocycles. The number of aromatic amines is 4. The van der Waals surface area contributed by atoms with Gasteiger partial charge in [-0.05, 0) is 180 Å². The van der Waals surface area contributed by atoms with E-state index >= 15 is 0 Å². The van der Waals surface area contributed by atoms with Crippen molar-refractivity contribution in [1.82, 2.24) is 92.3 Å². The topological polar surface area (TPSA) is 305 Å². The van der Waals surface area contributed by atoms with E-state index in [2.05, 4.69) is 190 Å². The van der Waals surface area contributed by atoms with Crippen LogP contribution in [0.5, 0.6) is 0 Å². The van der Waals surface area contributed by atoms with Gasteiger partial charge in [0.25, 0.3) is 0 Å². The molecule has 0 aliphatic heterocycles. The highest BCUT2D eigenvalue weighted by Gasteiger charge is 2.46. The summed E-state index contributed by atoms with van der Waals surface area (Å²) in [7, 11) is 19.2. The summed E-state index contributed by atoms with van der Waals surface area (Å²) in [6.45, 7) is 36.9. The Morgan fingerprint density at radius 1 is 0.382 bits per heavy atom. The highest BCUT2D eigenvalue weighted by Crippen LogP contribution is 2.51. The molecule has 26 heteroatoms. The normalized spacial score (nSPS) is 22.0. The Hall–Kier alpha value is -5.68. The molecule has 4 amide bonds. The number of unbranched alkanes of at least 4 members (excludes halogenated alkanes) is 2. The lowest BCUT2D eigenvalue weighted by molar-refractivity contribution is -0.131. The second-order valence-electron chi connectivity index (χ2n) is 35.0. The molecule has 628 valence electrons. The van der Waals surface area contributed by atoms with Crippen LogP contribution in [0, 0.1) is 45.3 Å². The molecule has 0 radical (unpaired) electrons. The summed E-state index contributed by atoms with van der Waals surface area (Å²) in [6, 6.07) is 0. The maximum absolute atomic E-state index is 12.9. The van der Waals surface area contributed by atoms with Gasteiger partial charge >= 0.3 is 0 Å². The van der Waals surface area contributed by atoms with Crippen LogP contribution in [0.4, 0.5) is 0 Å². The van der Waals surface area contributed by atoms with E-state index in [1.54, 1.807) is 28.4 Å². The first-order chi connectivity index (χ1) is 52.5. The summed E-state index contributed by atoms with van der Waals surface area (Å²) in [4.78, 5) is 60.7. The number of amides is 4. The first-order valence-electron chi connectivity index (χ1n) is 41.7. The minimum absolute atomic E-state index is 0.0158. The number of hydrogen-bond acceptors (Lipinski definition) is 18. The number of aromatic nitrogens is 8. The molecule has 4 aliphatic rings. The van der Waals surface area contributed by atoms with E-state index in [0.717, 1.165) is 155 Å². The van der Waals surface area contributed by atoms with Gasteiger partial charge in [0.15, 0.2) is 0 Å². The molecular weight excluding hydrogens is 1390 g/mol. The van der Waals surface area contributed by atoms with Gasteiger partial charge in [-0.2, -0.15) is 20.4 Å². The molecule has 4 aromatic rings. The zero-order chi connectivity index (χ0) is 80.9. The molecule has 4 heterocycles. The predicted molar refractivity (Wildman–Crippen MR) is 442 cm³/mol. The summed E-state index contributed by atoms with van der Waals surface area (Å²) in [5.74, 6) is 2.20. The maximum Gasteiger partial charge on any atom is 0.223 e. The fraction of sp³-hybridized carbons (Fsp3) is 0.810. The molecule has 0 bridgehead atoms. The second kappa shape index (κ2) is 49.2. The van der Waals surface area contributed by atoms with Crippen molar-refractivity contribution in [3.63, 3.8) is 0 Å². The molecule has 0 saturated heterocycles. The van der Waals surface area contributed by atoms with Crippen LogP contribution < -0.4 is 31.9 Å². The van der Waals surface area contributed by atoms with Gasteiger partial charge in [-0.1, -0.05) is 82.1 Å². The van der Waals surface area contributed by atoms with Crippen LogP contribution in [0.3, 0.4) is 0 Å². The van der Waals surface area contributed by atoms with Gasteiger partial charge in [-0.25, -0.2) is 0 Å². The van der Waals surface area contributed by atoms with Crippen LogP contribution in [0.15, 0.2) is 24.8 Å². The second-order valence-corrected chi connectivity index (χ2v) is 35.0. The predicted octanol–water partition coefficient (Wildman–Crippen LogP) is 10.9. The number of ether oxygens (including phenoxy) is 4. The first kappa shape index (κ1) is 94.9. The molecule has 8 atom stereocenters. The smallest absolute Gasteiger partial charge is 0.223 e. The zero-order valence-corrected chi connectivity index (χ0v) is 72.2. The average molecular weight is 1540 g/mol. The number of carbonyl (C=O) groups is 4. The summed E-state index contributed by atoms with van der Waals surface area (Å²) in [5.41, 5.74) is 10.0. The molecule has 4 aliphatic carbocycles. The number of nitrogens with one attached hydrogen (secondary N) is 10. The van der Waals surface area contributed by atoms with Crippen molar-refractivity contribution in [2.45, 2.75) is 235 Å². The molecule has 0 spiro atoms. The van der Waals surface area contributed by atoms with Crippen molar-refractivity contribution in [1.29, 1.82) is 0 Å². The van der Waals surface area contributed by atoms with Crippen LogP contribution in [0.2, 0.25) is 0 Å². The lowest BCUT2D eigenvalue weighted by atomic mass is 9.64. The largest absolute Gasteiger partial charge is 0.385 e. The van der Waals surface area contributed by atoms with Crippen LogP contribution in [-0.2, 0) is 64.3 Å². The minimum atomic E-state index is 0.0158. The summed E-state index contributed by atoms with van der Waals surface area (Å²) in [5, 5.41) is 49.0. The fourth-order valence-electron chi connectivity index (χ4n) is 16.7. The van der Waals surface area contributed by atoms with E-state index < -0.39 is 0 Å². The molecule has 4 saturated carbocycles. The number of hydrogen-bond donors (Lipinski definition) is 10. The first-order valence-corrected chi connectivity index (χ1v) is 41.7. The zero-order valence-electron chi connectivity index (χ0n) is 72.2. The lowest BCUT2D eigenvalue weighted by Crippen LogP contribution is -2.43. The third kappa shape index (κ3) is 30.9. The molecule has 4 fully saturated rings. The van der Waals surface area contributed by atoms with Crippen LogP contribution in [-0.4, -0.2) is 247 Å². The van der Waals surface area contributed by atoms with E-state index in [4.69, 9.17) is 18.9 Å². The highest BCUT2D eigenvalue weighted by atomic mass is 16.5. The summed E-state index contributed by atoms with van der Waals surface area (Å²) >= 11 is 0. The van der Waals surface area contributed by atoms with Crippen molar-refractivity contribution in [2.75, 3.05) is 163 Å². The number of methoxy groups -OCH3 is 4. The van der Waals surface area contributed by atoms with Gasteiger partial charge in [-0.15, -0.1) is 0 Å². The van der Waals surface area contributed by atoms with E-state index in [-0.39, 0.29) is 69.0 Å². The van der Waals surface area contributed by atoms with E-state index in [0.29, 0.717) is 76.3 Å². The Labute approximate surface area is 663 Å². The Balaban J connectivity index is 0.000000263. The van der Waals surface area contributed by atoms with Gasteiger partial charge in [0, 0.05) is 213 Å². The summed E-state index contributed by atoms with van der Waals surface area (Å²) < 4.78 is 20.3. The number of carbonyl (C=O) groups excluding carboxylic acids is 4. The van der Waals surface area contributed by atoms with Crippen molar-refractivity contribution in [3.05, 3.63) is 69.8 Å². The number of H-pyrrole nitrogens is 4. The Bertz CT molecular complexity index is 2990. The van der Waals surface area contributed by atoms with E-state index in [1.807, 2.05) is 38.9 Å². The SMILES string of the molecule is CCCCN(C)Cc1cn[nH]c1[C@@H]1CCC(C)(C)[C@@H](C(=O)NCCOC)C1.CCCCN(C)Cc1cn[nH]c1[C@H]1CCC(C)(C)[C@@H](C(=O)NCCOC)C1.CNCCN(C)Cc1cn[nH]c1[C@@H]1CCC(C)(C)[C@@H](C(=O)NCCCOC)C1.CNCCN(C)Cc1cn[nH]c1[C@H]1CCC(C)(C)[C@@H](C(=O)NCCCOC)C1. The standard InChI is InChI=1S/2C21H39N5O2.2C21H38N4O2/c2*1-21(2)8-7-16(13-18(21)20(27)23-9-6-12-28-5)19-17(14-24-25-19)15-26(4)11-10-22-3;2*1-6-7-11-25(4)15-17-14-23-24-19(17)16-8-9-21(2,3)18(13-16)20(26)22-10-12-27-5/h2*14,16,18,22H,6-13,15H2,1-5H3,(H,23,27)(H,24,25);2*14,16,18H,6-13,15H2,1-5H3,(H,22,26)(H,23,24)/t16-,18+;16-,18-;16-,18+;16-,18-/m0101/s1. The number of nitrogens with zero attached hydrogens (tertiary/aromatic N) is 8. The van der Waals surface area contributed by atoms with Gasteiger partial charge in [0.1, 0.15) is 0 Å². The molecule has 4 aromatic heterocycles. The fourth-order valence-corrected chi connectivity index (χ4v) is 16.7. The Morgan fingerprint density at radius 2 is 0.627 bits per heavy atom. The molecule has 26 nitrogen and oxygen atoms in total. The van der Waals surface area contributed by atoms with Crippen molar-refractivity contribution in [3.8, 4) is 0 Å². The quantitative estimate of drug-likeness (QED) is 0.0184. The lowest BCUT2D eigenvalue weighted by Gasteiger charge is -2.41. The number of likely N-dealkylation sites (N-methyl/N-ethyl adjacent to an activating group) is 4. The van der Waals surface area contributed by atoms with Gasteiger partial charge < -0.3 is 70.4 Å². The molecule has 10 N–H and O–H groups in total. The third-order valence-electron chi connectivity index (χ3n) is 24.2. The van der Waals surface area contributed by atoms with Gasteiger partial charge in [0.05, 0.1) is 38.0 Å². The van der Waals surface area contributed by atoms with Crippen molar-refractivity contribution in [2.24, 2.45) is 45.3 Å². The van der Waals surface area contributed by atoms with Crippen molar-refractivity contribution >= 4 is 23.6 Å². The number of rotatable bonds is 42. The summed E-state index contributed by atoms with van der Waals surface area (Å²) in [6.07, 6.45) is 26.4. The average Bonchev–Trinajstić information content (AvgIpc) is 1.44. The van der Waals surface area contributed by atoms with E-state index in [1.165, 1.54) is 70.7 Å². The van der Waals surface area contributed by atoms with Crippen LogP contribution >= 0.6 is 0 Å². The molecule has 110 heavy (non-hydrogen) atoms. The minimum Gasteiger partial charge on any atom is -0.385 e. The van der Waals surface area contributed by atoms with Gasteiger partial charge in [0.2, 0.25) is 23.6 Å². The third-order valence-corrected chi connectivity index (χ3v) is 24.2. The highest BCUT2D eigenvalue weighted by molar-refractivity contribution is 5.81. The van der Waals surface area contributed by atoms with Crippen LogP contribution in [0.25, 0.3) is 0 Å². The maximum atomic E-state index is 12.9. The van der Waals surface area contributed by atoms with E-state index in [9.17, 15) is 19.2 Å². The molecule has 0 unspecified atom stereocenters. The molecule has 8 rings (SSSR count). The van der Waals surface area contributed by atoms with Crippen LogP contribution in [0.1, 0.15) is 254 Å². The monoisotopic (exact) mass is 1540 g/mol. The molecular formula is C84H154N18O8. The Morgan fingerprint density at radius 3 is 0.864 bits per heavy atom. The van der Waals surface area contributed by atoms with Gasteiger partial charge in [-0.3, -0.25) is 39.6 Å². The Kier molecular flexibility index (Phi) is 42.4.